The van der Waals surface area contributed by atoms with Gasteiger partial charge in [0.25, 0.3) is 0 Å². The van der Waals surface area contributed by atoms with Crippen molar-refractivity contribution in [1.29, 1.82) is 0 Å². The standard InChI is InChI=1S/C10H9BrO2S/c1-12-9-7-5-6(11)3-4-8(7)14-10(9)13-2/h3-5H,1-2H3. The molecule has 0 amide bonds. The molecule has 14 heavy (non-hydrogen) atoms. The second-order valence-electron chi connectivity index (χ2n) is 2.77. The first-order valence-corrected chi connectivity index (χ1v) is 5.67. The quantitative estimate of drug-likeness (QED) is 0.831. The number of hydrogen-bond acceptors (Lipinski definition) is 3. The van der Waals surface area contributed by atoms with Gasteiger partial charge in [-0.25, -0.2) is 0 Å². The first-order chi connectivity index (χ1) is 6.76. The second-order valence-corrected chi connectivity index (χ2v) is 4.70. The minimum Gasteiger partial charge on any atom is -0.491 e. The number of methoxy groups -OCH3 is 2. The highest BCUT2D eigenvalue weighted by Crippen LogP contribution is 2.44. The van der Waals surface area contributed by atoms with Crippen molar-refractivity contribution in [2.24, 2.45) is 0 Å². The van der Waals surface area contributed by atoms with Crippen molar-refractivity contribution >= 4 is 37.4 Å². The fourth-order valence-corrected chi connectivity index (χ4v) is 2.68. The van der Waals surface area contributed by atoms with E-state index in [1.807, 2.05) is 12.1 Å². The Labute approximate surface area is 94.6 Å². The summed E-state index contributed by atoms with van der Waals surface area (Å²) in [6.45, 7) is 0. The van der Waals surface area contributed by atoms with Crippen LogP contribution in [0.5, 0.6) is 10.8 Å². The van der Waals surface area contributed by atoms with Gasteiger partial charge in [0.2, 0.25) is 5.06 Å². The van der Waals surface area contributed by atoms with Crippen molar-refractivity contribution in [1.82, 2.24) is 0 Å². The van der Waals surface area contributed by atoms with Crippen molar-refractivity contribution in [3.05, 3.63) is 22.7 Å². The molecule has 4 heteroatoms. The Morgan fingerprint density at radius 3 is 2.64 bits per heavy atom. The summed E-state index contributed by atoms with van der Waals surface area (Å²) in [5.74, 6) is 0.814. The zero-order valence-corrected chi connectivity index (χ0v) is 10.2. The van der Waals surface area contributed by atoms with Crippen LogP contribution in [0.3, 0.4) is 0 Å². The van der Waals surface area contributed by atoms with Crippen LogP contribution >= 0.6 is 27.3 Å². The molecule has 1 aromatic heterocycles. The number of hydrogen-bond donors (Lipinski definition) is 0. The number of fused-ring (bicyclic) bond motifs is 1. The predicted molar refractivity (Wildman–Crippen MR) is 62.6 cm³/mol. The lowest BCUT2D eigenvalue weighted by Crippen LogP contribution is -1.85. The molecule has 0 N–H and O–H groups in total. The third kappa shape index (κ3) is 1.48. The molecule has 2 nitrogen and oxygen atoms in total. The molecule has 0 saturated heterocycles. The summed E-state index contributed by atoms with van der Waals surface area (Å²) in [4.78, 5) is 0. The van der Waals surface area contributed by atoms with Gasteiger partial charge in [0, 0.05) is 14.6 Å². The molecular formula is C10H9BrO2S. The van der Waals surface area contributed by atoms with Gasteiger partial charge >= 0.3 is 0 Å². The molecule has 0 spiro atoms. The summed E-state index contributed by atoms with van der Waals surface area (Å²) in [6.07, 6.45) is 0. The van der Waals surface area contributed by atoms with Gasteiger partial charge in [-0.15, -0.1) is 0 Å². The minimum absolute atomic E-state index is 0.814. The molecule has 0 aliphatic carbocycles. The van der Waals surface area contributed by atoms with Crippen LogP contribution in [0.25, 0.3) is 10.1 Å². The molecule has 2 rings (SSSR count). The summed E-state index contributed by atoms with van der Waals surface area (Å²) in [7, 11) is 3.31. The van der Waals surface area contributed by atoms with Crippen molar-refractivity contribution in [2.75, 3.05) is 14.2 Å². The van der Waals surface area contributed by atoms with E-state index >= 15 is 0 Å². The highest BCUT2D eigenvalue weighted by molar-refractivity contribution is 9.10. The molecule has 0 aliphatic rings. The third-order valence-corrected chi connectivity index (χ3v) is 3.57. The lowest BCUT2D eigenvalue weighted by molar-refractivity contribution is 0.367. The van der Waals surface area contributed by atoms with E-state index in [2.05, 4.69) is 22.0 Å². The molecular weight excluding hydrogens is 264 g/mol. The molecule has 2 aromatic rings. The van der Waals surface area contributed by atoms with E-state index in [-0.39, 0.29) is 0 Å². The van der Waals surface area contributed by atoms with Gasteiger partial charge in [0.1, 0.15) is 0 Å². The molecule has 0 unspecified atom stereocenters. The molecule has 1 heterocycles. The number of thiophene rings is 1. The van der Waals surface area contributed by atoms with Crippen molar-refractivity contribution in [3.63, 3.8) is 0 Å². The second kappa shape index (κ2) is 3.79. The van der Waals surface area contributed by atoms with Crippen LogP contribution in [0, 0.1) is 0 Å². The lowest BCUT2D eigenvalue weighted by Gasteiger charge is -2.00. The highest BCUT2D eigenvalue weighted by Gasteiger charge is 2.12. The van der Waals surface area contributed by atoms with Crippen LogP contribution in [0.2, 0.25) is 0 Å². The van der Waals surface area contributed by atoms with Crippen LogP contribution in [0.15, 0.2) is 22.7 Å². The van der Waals surface area contributed by atoms with Gasteiger partial charge in [-0.3, -0.25) is 0 Å². The predicted octanol–water partition coefficient (Wildman–Crippen LogP) is 3.68. The largest absolute Gasteiger partial charge is 0.491 e. The molecule has 0 fully saturated rings. The van der Waals surface area contributed by atoms with E-state index in [9.17, 15) is 0 Å². The molecule has 0 atom stereocenters. The van der Waals surface area contributed by atoms with E-state index in [1.54, 1.807) is 25.6 Å². The molecule has 0 saturated carbocycles. The summed E-state index contributed by atoms with van der Waals surface area (Å²) in [6, 6.07) is 6.10. The average Bonchev–Trinajstić information content (AvgIpc) is 2.54. The number of halogens is 1. The Hall–Kier alpha value is -0.740. The summed E-state index contributed by atoms with van der Waals surface area (Å²) < 4.78 is 12.8. The van der Waals surface area contributed by atoms with E-state index in [4.69, 9.17) is 9.47 Å². The van der Waals surface area contributed by atoms with E-state index in [1.165, 1.54) is 4.70 Å². The first-order valence-electron chi connectivity index (χ1n) is 4.06. The summed E-state index contributed by atoms with van der Waals surface area (Å²) in [5.41, 5.74) is 0. The van der Waals surface area contributed by atoms with Gasteiger partial charge in [0.05, 0.1) is 14.2 Å². The fraction of sp³-hybridized carbons (Fsp3) is 0.200. The molecule has 0 radical (unpaired) electrons. The van der Waals surface area contributed by atoms with Gasteiger partial charge < -0.3 is 9.47 Å². The Morgan fingerprint density at radius 1 is 1.21 bits per heavy atom. The van der Waals surface area contributed by atoms with Gasteiger partial charge in [0.15, 0.2) is 5.75 Å². The normalized spacial score (nSPS) is 10.5. The highest BCUT2D eigenvalue weighted by atomic mass is 79.9. The topological polar surface area (TPSA) is 18.5 Å². The summed E-state index contributed by atoms with van der Waals surface area (Å²) in [5, 5.41) is 1.91. The van der Waals surface area contributed by atoms with Crippen LogP contribution in [0.4, 0.5) is 0 Å². The molecule has 0 bridgehead atoms. The van der Waals surface area contributed by atoms with Crippen molar-refractivity contribution in [2.45, 2.75) is 0 Å². The van der Waals surface area contributed by atoms with Crippen LogP contribution in [-0.2, 0) is 0 Å². The monoisotopic (exact) mass is 272 g/mol. The number of ether oxygens (including phenoxy) is 2. The van der Waals surface area contributed by atoms with Crippen LogP contribution in [0.1, 0.15) is 0 Å². The molecule has 0 aliphatic heterocycles. The van der Waals surface area contributed by atoms with Crippen LogP contribution < -0.4 is 9.47 Å². The summed E-state index contributed by atoms with van der Waals surface area (Å²) >= 11 is 5.02. The van der Waals surface area contributed by atoms with Gasteiger partial charge in [-0.2, -0.15) is 0 Å². The average molecular weight is 273 g/mol. The van der Waals surface area contributed by atoms with Gasteiger partial charge in [-0.05, 0) is 18.2 Å². The maximum absolute atomic E-state index is 5.31. The number of rotatable bonds is 2. The molecule has 74 valence electrons. The SMILES string of the molecule is COc1sc2ccc(Br)cc2c1OC. The lowest BCUT2D eigenvalue weighted by atomic mass is 10.2. The minimum atomic E-state index is 0.814. The Morgan fingerprint density at radius 2 is 2.00 bits per heavy atom. The fourth-order valence-electron chi connectivity index (χ4n) is 1.35. The Balaban J connectivity index is 2.74. The first kappa shape index (κ1) is 9.80. The molecule has 1 aromatic carbocycles. The zero-order chi connectivity index (χ0) is 10.1. The number of benzene rings is 1. The Bertz CT molecular complexity index is 464. The third-order valence-electron chi connectivity index (χ3n) is 1.96. The maximum Gasteiger partial charge on any atom is 0.217 e. The van der Waals surface area contributed by atoms with Crippen molar-refractivity contribution < 1.29 is 9.47 Å². The van der Waals surface area contributed by atoms with Gasteiger partial charge in [-0.1, -0.05) is 27.3 Å². The smallest absolute Gasteiger partial charge is 0.217 e. The Kier molecular flexibility index (Phi) is 2.65. The van der Waals surface area contributed by atoms with E-state index in [0.717, 1.165) is 20.7 Å². The zero-order valence-electron chi connectivity index (χ0n) is 7.83. The van der Waals surface area contributed by atoms with E-state index in [0.29, 0.717) is 0 Å². The van der Waals surface area contributed by atoms with E-state index < -0.39 is 0 Å². The van der Waals surface area contributed by atoms with Crippen molar-refractivity contribution in [3.8, 4) is 10.8 Å². The van der Waals surface area contributed by atoms with Crippen LogP contribution in [-0.4, -0.2) is 14.2 Å². The maximum atomic E-state index is 5.31.